The number of methoxy groups -OCH3 is 2. The summed E-state index contributed by atoms with van der Waals surface area (Å²) < 4.78 is 19.0. The molecule has 0 amide bonds. The van der Waals surface area contributed by atoms with Crippen LogP contribution >= 0.6 is 11.8 Å². The molecule has 0 bridgehead atoms. The summed E-state index contributed by atoms with van der Waals surface area (Å²) in [5, 5.41) is 0.925. The van der Waals surface area contributed by atoms with E-state index in [2.05, 4.69) is 41.6 Å². The standard InChI is InChI=1S/C28H28N4O3S/c1-17-6-7-18(2)21(12-17)16-36-28-31-22-10-11-29-14-24(22)32(28)15-23-19(3)35-27(30-23)20-8-9-25(33-4)26(13-20)34-5/h6-14H,15-16H2,1-5H3. The second-order valence-electron chi connectivity index (χ2n) is 8.66. The number of aromatic nitrogens is 4. The number of oxazole rings is 1. The van der Waals surface area contributed by atoms with Crippen LogP contribution in [0.3, 0.4) is 0 Å². The third-order valence-electron chi connectivity index (χ3n) is 6.21. The third kappa shape index (κ3) is 4.68. The number of imidazole rings is 1. The Morgan fingerprint density at radius 3 is 2.58 bits per heavy atom. The predicted octanol–water partition coefficient (Wildman–Crippen LogP) is 6.37. The Labute approximate surface area is 214 Å². The lowest BCUT2D eigenvalue weighted by Gasteiger charge is -2.09. The van der Waals surface area contributed by atoms with Gasteiger partial charge in [0.15, 0.2) is 16.7 Å². The van der Waals surface area contributed by atoms with E-state index < -0.39 is 0 Å². The van der Waals surface area contributed by atoms with Crippen molar-refractivity contribution >= 4 is 22.8 Å². The van der Waals surface area contributed by atoms with Crippen LogP contribution in [0.15, 0.2) is 64.4 Å². The summed E-state index contributed by atoms with van der Waals surface area (Å²) in [5.74, 6) is 3.42. The quantitative estimate of drug-likeness (QED) is 0.229. The summed E-state index contributed by atoms with van der Waals surface area (Å²) >= 11 is 1.72. The summed E-state index contributed by atoms with van der Waals surface area (Å²) in [6, 6.07) is 14.1. The third-order valence-corrected chi connectivity index (χ3v) is 7.23. The van der Waals surface area contributed by atoms with Crippen LogP contribution < -0.4 is 9.47 Å². The number of rotatable bonds is 8. The molecule has 0 saturated heterocycles. The number of thioether (sulfide) groups is 1. The molecule has 2 aromatic carbocycles. The molecule has 184 valence electrons. The predicted molar refractivity (Wildman–Crippen MR) is 142 cm³/mol. The number of aryl methyl sites for hydroxylation is 3. The van der Waals surface area contributed by atoms with Crippen molar-refractivity contribution in [1.29, 1.82) is 0 Å². The van der Waals surface area contributed by atoms with Gasteiger partial charge in [0.25, 0.3) is 0 Å². The van der Waals surface area contributed by atoms with E-state index in [1.807, 2.05) is 37.4 Å². The topological polar surface area (TPSA) is 75.2 Å². The van der Waals surface area contributed by atoms with Crippen molar-refractivity contribution in [2.24, 2.45) is 0 Å². The smallest absolute Gasteiger partial charge is 0.226 e. The minimum absolute atomic E-state index is 0.528. The van der Waals surface area contributed by atoms with Gasteiger partial charge in [-0.2, -0.15) is 0 Å². The maximum absolute atomic E-state index is 6.07. The molecule has 8 heteroatoms. The lowest BCUT2D eigenvalue weighted by Crippen LogP contribution is -2.04. The Bertz CT molecular complexity index is 1540. The van der Waals surface area contributed by atoms with E-state index in [-0.39, 0.29) is 0 Å². The lowest BCUT2D eigenvalue weighted by molar-refractivity contribution is 0.355. The van der Waals surface area contributed by atoms with Crippen molar-refractivity contribution in [2.45, 2.75) is 38.2 Å². The lowest BCUT2D eigenvalue weighted by atomic mass is 10.1. The first-order valence-electron chi connectivity index (χ1n) is 11.6. The zero-order valence-electron chi connectivity index (χ0n) is 21.0. The number of nitrogens with zero attached hydrogens (tertiary/aromatic N) is 4. The van der Waals surface area contributed by atoms with Crippen molar-refractivity contribution in [1.82, 2.24) is 19.5 Å². The zero-order chi connectivity index (χ0) is 25.2. The SMILES string of the molecule is COc1ccc(-c2nc(Cn3c(SCc4cc(C)ccc4C)nc4ccncc43)c(C)o2)cc1OC. The maximum atomic E-state index is 6.07. The maximum Gasteiger partial charge on any atom is 0.226 e. The second kappa shape index (κ2) is 10.1. The van der Waals surface area contributed by atoms with Crippen molar-refractivity contribution in [3.63, 3.8) is 0 Å². The van der Waals surface area contributed by atoms with E-state index in [1.54, 1.807) is 32.2 Å². The van der Waals surface area contributed by atoms with Crippen molar-refractivity contribution in [3.8, 4) is 23.0 Å². The summed E-state index contributed by atoms with van der Waals surface area (Å²) in [6.45, 7) is 6.74. The molecule has 0 aliphatic rings. The first kappa shape index (κ1) is 23.9. The fourth-order valence-corrected chi connectivity index (χ4v) is 5.20. The zero-order valence-corrected chi connectivity index (χ0v) is 21.8. The average molecular weight is 501 g/mol. The van der Waals surface area contributed by atoms with E-state index >= 15 is 0 Å². The molecular formula is C28H28N4O3S. The molecule has 3 heterocycles. The van der Waals surface area contributed by atoms with E-state index in [0.717, 1.165) is 39.0 Å². The van der Waals surface area contributed by atoms with Gasteiger partial charge in [-0.05, 0) is 56.2 Å². The Kier molecular flexibility index (Phi) is 6.69. The van der Waals surface area contributed by atoms with Crippen LogP contribution in [0.5, 0.6) is 11.5 Å². The molecule has 0 saturated carbocycles. The van der Waals surface area contributed by atoms with Crippen molar-refractivity contribution in [3.05, 3.63) is 83.0 Å². The number of pyridine rings is 1. The first-order valence-corrected chi connectivity index (χ1v) is 12.6. The highest BCUT2D eigenvalue weighted by Gasteiger charge is 2.18. The van der Waals surface area contributed by atoms with E-state index in [4.69, 9.17) is 23.9 Å². The van der Waals surface area contributed by atoms with Crippen molar-refractivity contribution < 1.29 is 13.9 Å². The van der Waals surface area contributed by atoms with Crippen LogP contribution in [0, 0.1) is 20.8 Å². The summed E-state index contributed by atoms with van der Waals surface area (Å²) in [4.78, 5) is 14.1. The molecular weight excluding hydrogens is 472 g/mol. The van der Waals surface area contributed by atoms with Gasteiger partial charge in [0.2, 0.25) is 5.89 Å². The number of ether oxygens (including phenoxy) is 2. The summed E-state index contributed by atoms with van der Waals surface area (Å²) in [7, 11) is 3.23. The Hall–Kier alpha value is -3.78. The highest BCUT2D eigenvalue weighted by atomic mass is 32.2. The van der Waals surface area contributed by atoms with Crippen molar-refractivity contribution in [2.75, 3.05) is 14.2 Å². The molecule has 0 spiro atoms. The average Bonchev–Trinajstić information content (AvgIpc) is 3.44. The van der Waals surface area contributed by atoms with E-state index in [1.165, 1.54) is 16.7 Å². The van der Waals surface area contributed by atoms with E-state index in [0.29, 0.717) is 23.9 Å². The number of benzene rings is 2. The monoisotopic (exact) mass is 500 g/mol. The molecule has 0 atom stereocenters. The van der Waals surface area contributed by atoms with Gasteiger partial charge in [0, 0.05) is 17.5 Å². The van der Waals surface area contributed by atoms with Gasteiger partial charge in [0.05, 0.1) is 38.0 Å². The molecule has 36 heavy (non-hydrogen) atoms. The van der Waals surface area contributed by atoms with Crippen LogP contribution in [0.4, 0.5) is 0 Å². The molecule has 0 radical (unpaired) electrons. The Balaban J connectivity index is 1.47. The Morgan fingerprint density at radius 2 is 1.78 bits per heavy atom. The minimum Gasteiger partial charge on any atom is -0.493 e. The molecule has 0 unspecified atom stereocenters. The van der Waals surface area contributed by atoms with Crippen LogP contribution in [-0.2, 0) is 12.3 Å². The van der Waals surface area contributed by atoms with Gasteiger partial charge >= 0.3 is 0 Å². The molecule has 5 aromatic rings. The molecule has 3 aromatic heterocycles. The largest absolute Gasteiger partial charge is 0.493 e. The van der Waals surface area contributed by atoms with Gasteiger partial charge in [0.1, 0.15) is 11.5 Å². The molecule has 0 aliphatic heterocycles. The highest BCUT2D eigenvalue weighted by Crippen LogP contribution is 2.34. The molecule has 0 aliphatic carbocycles. The van der Waals surface area contributed by atoms with Gasteiger partial charge in [-0.25, -0.2) is 9.97 Å². The van der Waals surface area contributed by atoms with Crippen LogP contribution in [0.25, 0.3) is 22.5 Å². The Morgan fingerprint density at radius 1 is 0.944 bits per heavy atom. The fraction of sp³-hybridized carbons (Fsp3) is 0.250. The van der Waals surface area contributed by atoms with Crippen LogP contribution in [-0.4, -0.2) is 33.7 Å². The van der Waals surface area contributed by atoms with Gasteiger partial charge in [-0.3, -0.25) is 4.98 Å². The van der Waals surface area contributed by atoms with Crippen LogP contribution in [0.2, 0.25) is 0 Å². The van der Waals surface area contributed by atoms with Gasteiger partial charge in [-0.1, -0.05) is 35.5 Å². The summed E-state index contributed by atoms with van der Waals surface area (Å²) in [6.07, 6.45) is 3.63. The number of hydrogen-bond donors (Lipinski definition) is 0. The van der Waals surface area contributed by atoms with E-state index in [9.17, 15) is 0 Å². The van der Waals surface area contributed by atoms with Gasteiger partial charge in [-0.15, -0.1) is 0 Å². The molecule has 7 nitrogen and oxygen atoms in total. The number of fused-ring (bicyclic) bond motifs is 1. The normalized spacial score (nSPS) is 11.2. The van der Waals surface area contributed by atoms with Crippen LogP contribution in [0.1, 0.15) is 28.1 Å². The summed E-state index contributed by atoms with van der Waals surface area (Å²) in [5.41, 5.74) is 7.40. The second-order valence-corrected chi connectivity index (χ2v) is 9.60. The van der Waals surface area contributed by atoms with Gasteiger partial charge < -0.3 is 18.5 Å². The minimum atomic E-state index is 0.528. The first-order chi connectivity index (χ1) is 17.5. The molecule has 0 fully saturated rings. The molecule has 0 N–H and O–H groups in total. The number of hydrogen-bond acceptors (Lipinski definition) is 7. The fourth-order valence-electron chi connectivity index (χ4n) is 4.13. The molecule has 5 rings (SSSR count). The highest BCUT2D eigenvalue weighted by molar-refractivity contribution is 7.98.